The van der Waals surface area contributed by atoms with Crippen LogP contribution < -0.4 is 0 Å². The summed E-state index contributed by atoms with van der Waals surface area (Å²) < 4.78 is 22.2. The molecule has 0 saturated heterocycles. The van der Waals surface area contributed by atoms with Crippen molar-refractivity contribution in [1.29, 1.82) is 0 Å². The summed E-state index contributed by atoms with van der Waals surface area (Å²) in [6.45, 7) is 11.8. The molecule has 0 unspecified atom stereocenters. The van der Waals surface area contributed by atoms with Gasteiger partial charge in [0.15, 0.2) is 0 Å². The average molecular weight is 393 g/mol. The number of rotatable bonds is 8. The summed E-state index contributed by atoms with van der Waals surface area (Å²) >= 11 is 0. The third-order valence-electron chi connectivity index (χ3n) is 1.50. The van der Waals surface area contributed by atoms with E-state index in [0.717, 1.165) is 0 Å². The molecular weight excluding hydrogens is 365 g/mol. The molecule has 128 valence electrons. The van der Waals surface area contributed by atoms with E-state index in [-0.39, 0.29) is 0 Å². The van der Waals surface area contributed by atoms with Crippen LogP contribution in [-0.4, -0.2) is 62.5 Å². The van der Waals surface area contributed by atoms with Gasteiger partial charge in [-0.25, -0.2) is 0 Å². The van der Waals surface area contributed by atoms with Crippen LogP contribution in [0.2, 0.25) is 52.4 Å². The molecular formula is C8H28O8Si5. The monoisotopic (exact) mass is 392 g/mol. The highest BCUT2D eigenvalue weighted by molar-refractivity contribution is 6.87. The summed E-state index contributed by atoms with van der Waals surface area (Å²) in [6, 6.07) is 0. The number of hydrogen-bond donors (Lipinski definition) is 4. The van der Waals surface area contributed by atoms with Gasteiger partial charge in [0.05, 0.1) is 0 Å². The fourth-order valence-electron chi connectivity index (χ4n) is 1.35. The van der Waals surface area contributed by atoms with Crippen molar-refractivity contribution in [3.05, 3.63) is 0 Å². The highest BCUT2D eigenvalue weighted by Gasteiger charge is 2.58. The van der Waals surface area contributed by atoms with E-state index >= 15 is 0 Å². The van der Waals surface area contributed by atoms with E-state index in [1.54, 1.807) is 0 Å². The zero-order valence-corrected chi connectivity index (χ0v) is 18.9. The maximum absolute atomic E-state index is 10.1. The molecule has 0 aliphatic rings. The van der Waals surface area contributed by atoms with E-state index in [0.29, 0.717) is 0 Å². The molecule has 0 spiro atoms. The molecule has 0 amide bonds. The van der Waals surface area contributed by atoms with Crippen molar-refractivity contribution in [3.63, 3.8) is 0 Å². The first kappa shape index (κ1) is 21.8. The van der Waals surface area contributed by atoms with Crippen molar-refractivity contribution >= 4 is 43.3 Å². The lowest BCUT2D eigenvalue weighted by Crippen LogP contribution is -2.67. The molecule has 0 saturated carbocycles. The summed E-state index contributed by atoms with van der Waals surface area (Å²) in [5.74, 6) is 0. The first-order chi connectivity index (χ1) is 8.83. The van der Waals surface area contributed by atoms with Crippen LogP contribution in [0.4, 0.5) is 0 Å². The van der Waals surface area contributed by atoms with E-state index in [1.165, 1.54) is 52.4 Å². The largest absolute Gasteiger partial charge is 0.643 e. The van der Waals surface area contributed by atoms with Gasteiger partial charge in [-0.2, -0.15) is 0 Å². The predicted molar refractivity (Wildman–Crippen MR) is 88.9 cm³/mol. The van der Waals surface area contributed by atoms with Crippen molar-refractivity contribution < 1.29 is 35.6 Å². The normalized spacial score (nSPS) is 15.4. The molecule has 0 atom stereocenters. The highest BCUT2D eigenvalue weighted by atomic mass is 28.6. The van der Waals surface area contributed by atoms with Gasteiger partial charge in [0.1, 0.15) is 0 Å². The van der Waals surface area contributed by atoms with Gasteiger partial charge in [-0.05, 0) is 52.4 Å². The van der Waals surface area contributed by atoms with E-state index in [4.69, 9.17) is 16.5 Å². The lowest BCUT2D eigenvalue weighted by Gasteiger charge is -2.40. The standard InChI is InChI=1S/C8H28O8Si5/c1-17(2,9)13-21(14-18(3,4)10,15-19(5,6)11)16-20(7,8)12/h9-12H,1-8H3. The van der Waals surface area contributed by atoms with Gasteiger partial charge in [-0.15, -0.1) is 0 Å². The van der Waals surface area contributed by atoms with Gasteiger partial charge >= 0.3 is 43.3 Å². The minimum atomic E-state index is -4.09. The van der Waals surface area contributed by atoms with Gasteiger partial charge in [0, 0.05) is 0 Å². The van der Waals surface area contributed by atoms with Crippen LogP contribution in [0.25, 0.3) is 0 Å². The molecule has 8 nitrogen and oxygen atoms in total. The van der Waals surface area contributed by atoms with Crippen molar-refractivity contribution in [3.8, 4) is 0 Å². The van der Waals surface area contributed by atoms with Gasteiger partial charge in [0.25, 0.3) is 0 Å². The molecule has 0 bridgehead atoms. The van der Waals surface area contributed by atoms with Gasteiger partial charge < -0.3 is 35.6 Å². The van der Waals surface area contributed by atoms with Crippen LogP contribution in [0, 0.1) is 0 Å². The Morgan fingerprint density at radius 2 is 0.571 bits per heavy atom. The van der Waals surface area contributed by atoms with E-state index < -0.39 is 43.3 Å². The topological polar surface area (TPSA) is 118 Å². The fourth-order valence-corrected chi connectivity index (χ4v) is 14.4. The van der Waals surface area contributed by atoms with Crippen LogP contribution in [0.5, 0.6) is 0 Å². The highest BCUT2D eigenvalue weighted by Crippen LogP contribution is 2.26. The van der Waals surface area contributed by atoms with Crippen molar-refractivity contribution in [1.82, 2.24) is 0 Å². The van der Waals surface area contributed by atoms with Crippen molar-refractivity contribution in [2.45, 2.75) is 52.4 Å². The Kier molecular flexibility index (Phi) is 6.96. The second-order valence-corrected chi connectivity index (χ2v) is 22.5. The maximum Gasteiger partial charge on any atom is 0.643 e. The predicted octanol–water partition coefficient (Wildman–Crippen LogP) is 0.265. The summed E-state index contributed by atoms with van der Waals surface area (Å²) in [7, 11) is -16.8. The summed E-state index contributed by atoms with van der Waals surface area (Å²) in [4.78, 5) is 40.2. The maximum atomic E-state index is 10.1. The minimum absolute atomic E-state index is 1.48. The molecule has 0 aliphatic carbocycles. The molecule has 0 aliphatic heterocycles. The SMILES string of the molecule is C[Si](C)(O)O[Si](O[Si](C)(C)O)(O[Si](C)(C)O)O[Si](C)(C)O. The quantitative estimate of drug-likeness (QED) is 0.435. The molecule has 0 heterocycles. The molecule has 0 rings (SSSR count). The molecule has 4 N–H and O–H groups in total. The van der Waals surface area contributed by atoms with Gasteiger partial charge in [-0.1, -0.05) is 0 Å². The molecule has 0 aromatic rings. The third-order valence-corrected chi connectivity index (χ3v) is 13.5. The summed E-state index contributed by atoms with van der Waals surface area (Å²) in [5.41, 5.74) is 0. The molecule has 0 aromatic heterocycles. The van der Waals surface area contributed by atoms with E-state index in [1.807, 2.05) is 0 Å². The van der Waals surface area contributed by atoms with Crippen LogP contribution in [0.15, 0.2) is 0 Å². The first-order valence-electron chi connectivity index (χ1n) is 6.53. The van der Waals surface area contributed by atoms with Crippen LogP contribution in [-0.2, 0) is 16.5 Å². The lowest BCUT2D eigenvalue weighted by atomic mass is 11.9. The summed E-state index contributed by atoms with van der Waals surface area (Å²) in [5, 5.41) is 0. The second-order valence-electron chi connectivity index (χ2n) is 6.70. The Morgan fingerprint density at radius 3 is 0.667 bits per heavy atom. The third kappa shape index (κ3) is 11.9. The van der Waals surface area contributed by atoms with E-state index in [2.05, 4.69) is 0 Å². The number of hydrogen-bond acceptors (Lipinski definition) is 8. The molecule has 0 aromatic carbocycles. The minimum Gasteiger partial charge on any atom is -0.411 e. The molecule has 0 radical (unpaired) electrons. The van der Waals surface area contributed by atoms with Crippen LogP contribution >= 0.6 is 0 Å². The van der Waals surface area contributed by atoms with E-state index in [9.17, 15) is 19.2 Å². The lowest BCUT2D eigenvalue weighted by molar-refractivity contribution is 0.0986. The average Bonchev–Trinajstić information content (AvgIpc) is 1.83. The zero-order chi connectivity index (χ0) is 17.3. The van der Waals surface area contributed by atoms with Crippen molar-refractivity contribution in [2.75, 3.05) is 0 Å². The molecule has 13 heteroatoms. The second kappa shape index (κ2) is 6.71. The first-order valence-corrected chi connectivity index (χ1v) is 19.6. The zero-order valence-electron chi connectivity index (χ0n) is 13.9. The Morgan fingerprint density at radius 1 is 0.429 bits per heavy atom. The molecule has 21 heavy (non-hydrogen) atoms. The van der Waals surface area contributed by atoms with Crippen molar-refractivity contribution in [2.24, 2.45) is 0 Å². The Labute approximate surface area is 131 Å². The Bertz CT molecular complexity index is 269. The Hall–Kier alpha value is 0.764. The van der Waals surface area contributed by atoms with Crippen LogP contribution in [0.1, 0.15) is 0 Å². The van der Waals surface area contributed by atoms with Gasteiger partial charge in [0.2, 0.25) is 0 Å². The van der Waals surface area contributed by atoms with Crippen LogP contribution in [0.3, 0.4) is 0 Å². The summed E-state index contributed by atoms with van der Waals surface area (Å²) in [6.07, 6.45) is 0. The Balaban J connectivity index is 5.70. The molecule has 0 fully saturated rings. The fraction of sp³-hybridized carbons (Fsp3) is 1.00. The smallest absolute Gasteiger partial charge is 0.411 e. The van der Waals surface area contributed by atoms with Gasteiger partial charge in [-0.3, -0.25) is 0 Å².